The number of fused-ring (bicyclic) bond motifs is 9. The number of hydrogen-bond acceptors (Lipinski definition) is 5. The molecule has 238 valence electrons. The number of aromatic nitrogens is 4. The highest BCUT2D eigenvalue weighted by Gasteiger charge is 2.19. The van der Waals surface area contributed by atoms with Crippen molar-refractivity contribution in [3.05, 3.63) is 158 Å². The highest BCUT2D eigenvalue weighted by molar-refractivity contribution is 7.25. The summed E-state index contributed by atoms with van der Waals surface area (Å²) in [5.41, 5.74) is 7.88. The van der Waals surface area contributed by atoms with E-state index in [1.54, 1.807) is 11.3 Å². The first-order chi connectivity index (χ1) is 25.3. The van der Waals surface area contributed by atoms with Gasteiger partial charge >= 0.3 is 0 Å². The van der Waals surface area contributed by atoms with Gasteiger partial charge in [-0.2, -0.15) is 0 Å². The van der Waals surface area contributed by atoms with Crippen LogP contribution < -0.4 is 0 Å². The van der Waals surface area contributed by atoms with Gasteiger partial charge in [-0.05, 0) is 54.6 Å². The van der Waals surface area contributed by atoms with E-state index in [-0.39, 0.29) is 0 Å². The van der Waals surface area contributed by atoms with Crippen molar-refractivity contribution in [2.45, 2.75) is 0 Å². The fourth-order valence-corrected chi connectivity index (χ4v) is 8.68. The van der Waals surface area contributed by atoms with Gasteiger partial charge in [0.1, 0.15) is 11.2 Å². The first kappa shape index (κ1) is 28.2. The number of furan rings is 1. The maximum atomic E-state index is 6.51. The molecule has 4 heterocycles. The molecule has 4 aromatic heterocycles. The molecule has 6 heteroatoms. The molecule has 0 aliphatic heterocycles. The molecule has 0 spiro atoms. The zero-order valence-electron chi connectivity index (χ0n) is 27.1. The summed E-state index contributed by atoms with van der Waals surface area (Å²) < 4.78 is 11.3. The van der Waals surface area contributed by atoms with Gasteiger partial charge in [-0.15, -0.1) is 11.3 Å². The number of rotatable bonds is 4. The molecule has 0 bridgehead atoms. The Morgan fingerprint density at radius 1 is 0.431 bits per heavy atom. The number of nitrogens with zero attached hydrogens (tertiary/aromatic N) is 4. The van der Waals surface area contributed by atoms with Crippen LogP contribution in [0.15, 0.2) is 162 Å². The van der Waals surface area contributed by atoms with Gasteiger partial charge in [-0.3, -0.25) is 0 Å². The van der Waals surface area contributed by atoms with Gasteiger partial charge in [0.15, 0.2) is 17.5 Å². The van der Waals surface area contributed by atoms with Crippen LogP contribution in [0.25, 0.3) is 104 Å². The van der Waals surface area contributed by atoms with Crippen molar-refractivity contribution in [1.82, 2.24) is 19.5 Å². The first-order valence-electron chi connectivity index (χ1n) is 16.9. The van der Waals surface area contributed by atoms with Crippen LogP contribution in [-0.2, 0) is 0 Å². The van der Waals surface area contributed by atoms with E-state index < -0.39 is 0 Å². The van der Waals surface area contributed by atoms with Crippen LogP contribution in [0.3, 0.4) is 0 Å². The third-order valence-corrected chi connectivity index (χ3v) is 11.0. The second kappa shape index (κ2) is 10.9. The molecule has 0 amide bonds. The summed E-state index contributed by atoms with van der Waals surface area (Å²) in [5, 5.41) is 6.97. The SMILES string of the molecule is c1ccc(-c2nc(-c3ccc4c(c3)oc3ccc(-n5c6ccccc6c6ccccc65)cc34)nc(-c3cccc4sc5ccccc5c34)n2)cc1. The van der Waals surface area contributed by atoms with Gasteiger partial charge in [-0.25, -0.2) is 15.0 Å². The third-order valence-electron chi connectivity index (χ3n) is 9.86. The van der Waals surface area contributed by atoms with Gasteiger partial charge in [0.25, 0.3) is 0 Å². The molecule has 0 saturated carbocycles. The van der Waals surface area contributed by atoms with E-state index in [9.17, 15) is 0 Å². The van der Waals surface area contributed by atoms with E-state index in [0.29, 0.717) is 17.5 Å². The maximum absolute atomic E-state index is 6.51. The standard InChI is InChI=1S/C45H26N4OS/c1-2-11-27(12-3-1)43-46-44(48-45(47-43)34-16-10-20-41-42(34)33-15-6-9-19-40(33)51-41)28-21-23-32-35-26-29(22-24-38(35)50-39(32)25-28)49-36-17-7-4-13-30(36)31-14-5-8-18-37(31)49/h1-26H. The molecule has 0 atom stereocenters. The van der Waals surface area contributed by atoms with Crippen molar-refractivity contribution in [2.24, 2.45) is 0 Å². The Labute approximate surface area is 295 Å². The summed E-state index contributed by atoms with van der Waals surface area (Å²) in [5.74, 6) is 1.88. The zero-order chi connectivity index (χ0) is 33.5. The molecule has 0 aliphatic rings. The number of benzene rings is 7. The Balaban J connectivity index is 1.09. The Kier molecular flexibility index (Phi) is 6.05. The fraction of sp³-hybridized carbons (Fsp3) is 0. The predicted molar refractivity (Wildman–Crippen MR) is 211 cm³/mol. The van der Waals surface area contributed by atoms with Gasteiger partial charge in [0.05, 0.1) is 11.0 Å². The van der Waals surface area contributed by atoms with Crippen molar-refractivity contribution in [1.29, 1.82) is 0 Å². The van der Waals surface area contributed by atoms with Gasteiger partial charge in [0, 0.05) is 64.1 Å². The van der Waals surface area contributed by atoms with E-state index in [2.05, 4.69) is 132 Å². The van der Waals surface area contributed by atoms with Crippen LogP contribution in [-0.4, -0.2) is 19.5 Å². The Bertz CT molecular complexity index is 3100. The number of para-hydroxylation sites is 2. The maximum Gasteiger partial charge on any atom is 0.164 e. The Hall–Kier alpha value is -6.63. The molecule has 11 aromatic rings. The molecular weight excluding hydrogens is 645 g/mol. The van der Waals surface area contributed by atoms with Crippen molar-refractivity contribution in [3.8, 4) is 39.9 Å². The fourth-order valence-electron chi connectivity index (χ4n) is 7.55. The molecular formula is C45H26N4OS. The van der Waals surface area contributed by atoms with E-state index >= 15 is 0 Å². The van der Waals surface area contributed by atoms with E-state index in [1.165, 1.54) is 42.0 Å². The van der Waals surface area contributed by atoms with E-state index in [4.69, 9.17) is 19.4 Å². The number of thiophene rings is 1. The summed E-state index contributed by atoms with van der Waals surface area (Å²) in [6.07, 6.45) is 0. The van der Waals surface area contributed by atoms with Crippen LogP contribution in [0.4, 0.5) is 0 Å². The van der Waals surface area contributed by atoms with Gasteiger partial charge < -0.3 is 8.98 Å². The summed E-state index contributed by atoms with van der Waals surface area (Å²) in [6.45, 7) is 0. The molecule has 0 fully saturated rings. The summed E-state index contributed by atoms with van der Waals surface area (Å²) in [6, 6.07) is 54.9. The Morgan fingerprint density at radius 2 is 1.10 bits per heavy atom. The average Bonchev–Trinajstić information content (AvgIpc) is 3.87. The molecule has 5 nitrogen and oxygen atoms in total. The molecule has 0 unspecified atom stereocenters. The van der Waals surface area contributed by atoms with Crippen LogP contribution in [0.1, 0.15) is 0 Å². The molecule has 0 saturated heterocycles. The number of hydrogen-bond donors (Lipinski definition) is 0. The molecule has 51 heavy (non-hydrogen) atoms. The Morgan fingerprint density at radius 3 is 1.90 bits per heavy atom. The lowest BCUT2D eigenvalue weighted by atomic mass is 10.1. The molecule has 7 aromatic carbocycles. The van der Waals surface area contributed by atoms with Crippen LogP contribution in [0.5, 0.6) is 0 Å². The summed E-state index contributed by atoms with van der Waals surface area (Å²) in [7, 11) is 0. The second-order valence-electron chi connectivity index (χ2n) is 12.8. The highest BCUT2D eigenvalue weighted by Crippen LogP contribution is 2.40. The summed E-state index contributed by atoms with van der Waals surface area (Å²) >= 11 is 1.79. The first-order valence-corrected chi connectivity index (χ1v) is 17.8. The minimum atomic E-state index is 0.601. The van der Waals surface area contributed by atoms with Crippen molar-refractivity contribution in [3.63, 3.8) is 0 Å². The van der Waals surface area contributed by atoms with E-state index in [0.717, 1.165) is 44.3 Å². The van der Waals surface area contributed by atoms with E-state index in [1.807, 2.05) is 30.3 Å². The average molecular weight is 671 g/mol. The highest BCUT2D eigenvalue weighted by atomic mass is 32.1. The lowest BCUT2D eigenvalue weighted by molar-refractivity contribution is 0.669. The van der Waals surface area contributed by atoms with Gasteiger partial charge in [-0.1, -0.05) is 103 Å². The molecule has 0 radical (unpaired) electrons. The van der Waals surface area contributed by atoms with Crippen LogP contribution >= 0.6 is 11.3 Å². The largest absolute Gasteiger partial charge is 0.456 e. The smallest absolute Gasteiger partial charge is 0.164 e. The lowest BCUT2D eigenvalue weighted by Crippen LogP contribution is -2.00. The zero-order valence-corrected chi connectivity index (χ0v) is 27.9. The van der Waals surface area contributed by atoms with Crippen LogP contribution in [0.2, 0.25) is 0 Å². The van der Waals surface area contributed by atoms with Gasteiger partial charge in [0.2, 0.25) is 0 Å². The van der Waals surface area contributed by atoms with Crippen molar-refractivity contribution >= 4 is 75.3 Å². The minimum Gasteiger partial charge on any atom is -0.456 e. The molecule has 0 aliphatic carbocycles. The van der Waals surface area contributed by atoms with Crippen molar-refractivity contribution < 1.29 is 4.42 Å². The molecule has 11 rings (SSSR count). The topological polar surface area (TPSA) is 56.7 Å². The third kappa shape index (κ3) is 4.37. The normalized spacial score (nSPS) is 11.9. The van der Waals surface area contributed by atoms with Crippen molar-refractivity contribution in [2.75, 3.05) is 0 Å². The molecule has 0 N–H and O–H groups in total. The monoisotopic (exact) mass is 670 g/mol. The predicted octanol–water partition coefficient (Wildman–Crippen LogP) is 12.2. The van der Waals surface area contributed by atoms with Crippen LogP contribution in [0, 0.1) is 0 Å². The minimum absolute atomic E-state index is 0.601. The second-order valence-corrected chi connectivity index (χ2v) is 13.9. The summed E-state index contributed by atoms with van der Waals surface area (Å²) in [4.78, 5) is 15.2. The quantitative estimate of drug-likeness (QED) is 0.187. The lowest BCUT2D eigenvalue weighted by Gasteiger charge is -2.09.